The molecule has 130 valence electrons. The van der Waals surface area contributed by atoms with Gasteiger partial charge in [0.2, 0.25) is 15.9 Å². The van der Waals surface area contributed by atoms with Gasteiger partial charge in [-0.25, -0.2) is 8.42 Å². The summed E-state index contributed by atoms with van der Waals surface area (Å²) >= 11 is 0. The molecule has 2 rings (SSSR count). The first-order valence-electron chi connectivity index (χ1n) is 7.67. The molecule has 0 atom stereocenters. The lowest BCUT2D eigenvalue weighted by Gasteiger charge is -2.19. The van der Waals surface area contributed by atoms with Gasteiger partial charge in [0.05, 0.1) is 17.9 Å². The van der Waals surface area contributed by atoms with Gasteiger partial charge in [-0.3, -0.25) is 4.79 Å². The van der Waals surface area contributed by atoms with Gasteiger partial charge >= 0.3 is 0 Å². The number of hydrogen-bond acceptors (Lipinski definition) is 4. The first kappa shape index (κ1) is 18.6. The molecule has 0 heterocycles. The molecule has 1 amide bonds. The number of nitrogens with one attached hydrogen (secondary N) is 1. The third-order valence-corrected chi connectivity index (χ3v) is 4.81. The molecule has 0 aliphatic heterocycles. The van der Waals surface area contributed by atoms with Crippen LogP contribution >= 0.6 is 0 Å². The summed E-state index contributed by atoms with van der Waals surface area (Å²) in [6, 6.07) is 17.7. The number of amides is 1. The van der Waals surface area contributed by atoms with Gasteiger partial charge in [0, 0.05) is 25.2 Å². The van der Waals surface area contributed by atoms with E-state index in [1.165, 1.54) is 4.31 Å². The van der Waals surface area contributed by atoms with Gasteiger partial charge in [0.25, 0.3) is 0 Å². The number of hydrogen-bond donors (Lipinski definition) is 1. The van der Waals surface area contributed by atoms with Crippen LogP contribution in [0.15, 0.2) is 54.6 Å². The van der Waals surface area contributed by atoms with Gasteiger partial charge < -0.3 is 5.32 Å². The Morgan fingerprint density at radius 2 is 1.76 bits per heavy atom. The Bertz CT molecular complexity index is 857. The summed E-state index contributed by atoms with van der Waals surface area (Å²) < 4.78 is 25.2. The molecule has 0 unspecified atom stereocenters. The van der Waals surface area contributed by atoms with Crippen molar-refractivity contribution in [2.75, 3.05) is 18.1 Å². The van der Waals surface area contributed by atoms with Crippen LogP contribution < -0.4 is 5.32 Å². The van der Waals surface area contributed by atoms with Crippen LogP contribution in [-0.4, -0.2) is 31.4 Å². The fourth-order valence-electron chi connectivity index (χ4n) is 2.23. The Labute approximate surface area is 147 Å². The van der Waals surface area contributed by atoms with Crippen molar-refractivity contribution in [2.24, 2.45) is 0 Å². The zero-order valence-corrected chi connectivity index (χ0v) is 14.7. The number of nitrogens with zero attached hydrogens (tertiary/aromatic N) is 2. The maximum atomic E-state index is 12.1. The van der Waals surface area contributed by atoms with Gasteiger partial charge in [0.15, 0.2) is 0 Å². The lowest BCUT2D eigenvalue weighted by atomic mass is 10.2. The number of carbonyl (C=O) groups excluding carboxylic acids is 1. The molecule has 0 bridgehead atoms. The summed E-state index contributed by atoms with van der Waals surface area (Å²) in [6.45, 7) is 0.319. The molecule has 0 aliphatic carbocycles. The minimum atomic E-state index is -3.42. The second kappa shape index (κ2) is 8.42. The third kappa shape index (κ3) is 6.03. The van der Waals surface area contributed by atoms with E-state index in [1.54, 1.807) is 24.3 Å². The van der Waals surface area contributed by atoms with Crippen LogP contribution in [0.25, 0.3) is 0 Å². The maximum absolute atomic E-state index is 12.1. The molecule has 0 saturated heterocycles. The smallest absolute Gasteiger partial charge is 0.225 e. The Hall–Kier alpha value is -2.69. The highest BCUT2D eigenvalue weighted by molar-refractivity contribution is 7.88. The van der Waals surface area contributed by atoms with Crippen LogP contribution in [0.4, 0.5) is 5.69 Å². The van der Waals surface area contributed by atoms with Crippen LogP contribution in [0.5, 0.6) is 0 Å². The van der Waals surface area contributed by atoms with Gasteiger partial charge in [-0.15, -0.1) is 0 Å². The van der Waals surface area contributed by atoms with E-state index < -0.39 is 10.0 Å². The number of rotatable bonds is 7. The Kier molecular flexibility index (Phi) is 6.28. The second-order valence-corrected chi connectivity index (χ2v) is 7.55. The molecule has 0 radical (unpaired) electrons. The van der Waals surface area contributed by atoms with Crippen LogP contribution in [0, 0.1) is 11.3 Å². The normalized spacial score (nSPS) is 11.1. The fraction of sp³-hybridized carbons (Fsp3) is 0.222. The summed E-state index contributed by atoms with van der Waals surface area (Å²) in [4.78, 5) is 12.1. The zero-order chi connectivity index (χ0) is 18.3. The number of benzene rings is 2. The molecule has 0 aliphatic rings. The standard InChI is InChI=1S/C18H19N3O3S/c1-25(23,24)21(14-16-5-3-2-4-6-16)12-11-18(22)20-17-9-7-15(13-19)8-10-17/h2-10H,11-12,14H2,1H3,(H,20,22). The minimum absolute atomic E-state index is 0.0416. The fourth-order valence-corrected chi connectivity index (χ4v) is 3.03. The third-order valence-electron chi connectivity index (χ3n) is 3.56. The van der Waals surface area contributed by atoms with E-state index in [0.717, 1.165) is 11.8 Å². The minimum Gasteiger partial charge on any atom is -0.326 e. The van der Waals surface area contributed by atoms with Gasteiger partial charge in [-0.2, -0.15) is 9.57 Å². The monoisotopic (exact) mass is 357 g/mol. The van der Waals surface area contributed by atoms with Crippen LogP contribution in [0.1, 0.15) is 17.5 Å². The average molecular weight is 357 g/mol. The van der Waals surface area contributed by atoms with E-state index in [4.69, 9.17) is 5.26 Å². The van der Waals surface area contributed by atoms with Gasteiger partial charge in [0.1, 0.15) is 0 Å². The summed E-state index contributed by atoms with van der Waals surface area (Å²) in [7, 11) is -3.42. The van der Waals surface area contributed by atoms with Gasteiger partial charge in [-0.1, -0.05) is 30.3 Å². The molecule has 0 fully saturated rings. The molecule has 0 spiro atoms. The Balaban J connectivity index is 1.95. The highest BCUT2D eigenvalue weighted by Crippen LogP contribution is 2.11. The largest absolute Gasteiger partial charge is 0.326 e. The Morgan fingerprint density at radius 1 is 1.12 bits per heavy atom. The maximum Gasteiger partial charge on any atom is 0.225 e. The highest BCUT2D eigenvalue weighted by atomic mass is 32.2. The van der Waals surface area contributed by atoms with E-state index in [-0.39, 0.29) is 25.4 Å². The second-order valence-electron chi connectivity index (χ2n) is 5.57. The first-order chi connectivity index (χ1) is 11.9. The molecule has 0 aromatic heterocycles. The molecule has 25 heavy (non-hydrogen) atoms. The van der Waals surface area contributed by atoms with E-state index in [9.17, 15) is 13.2 Å². The topological polar surface area (TPSA) is 90.3 Å². The molecule has 0 saturated carbocycles. The quantitative estimate of drug-likeness (QED) is 0.823. The van der Waals surface area contributed by atoms with Crippen molar-refractivity contribution >= 4 is 21.6 Å². The molecular weight excluding hydrogens is 338 g/mol. The number of anilines is 1. The number of carbonyl (C=O) groups is 1. The van der Waals surface area contributed by atoms with Crippen LogP contribution in [-0.2, 0) is 21.4 Å². The average Bonchev–Trinajstić information content (AvgIpc) is 2.59. The lowest BCUT2D eigenvalue weighted by Crippen LogP contribution is -2.32. The van der Waals surface area contributed by atoms with Crippen LogP contribution in [0.2, 0.25) is 0 Å². The summed E-state index contributed by atoms with van der Waals surface area (Å²) in [5.41, 5.74) is 1.93. The van der Waals surface area contributed by atoms with Crippen molar-refractivity contribution in [3.63, 3.8) is 0 Å². The number of sulfonamides is 1. The molecule has 2 aromatic carbocycles. The Morgan fingerprint density at radius 3 is 2.32 bits per heavy atom. The highest BCUT2D eigenvalue weighted by Gasteiger charge is 2.18. The van der Waals surface area contributed by atoms with Crippen molar-refractivity contribution in [2.45, 2.75) is 13.0 Å². The number of nitriles is 1. The molecule has 6 nitrogen and oxygen atoms in total. The van der Waals surface area contributed by atoms with E-state index >= 15 is 0 Å². The molecular formula is C18H19N3O3S. The van der Waals surface area contributed by atoms with Crippen molar-refractivity contribution in [3.05, 3.63) is 65.7 Å². The summed E-state index contributed by atoms with van der Waals surface area (Å²) in [5.74, 6) is -0.286. The lowest BCUT2D eigenvalue weighted by molar-refractivity contribution is -0.116. The summed E-state index contributed by atoms with van der Waals surface area (Å²) in [6.07, 6.45) is 1.17. The van der Waals surface area contributed by atoms with E-state index in [0.29, 0.717) is 11.3 Å². The predicted octanol–water partition coefficient (Wildman–Crippen LogP) is 2.35. The van der Waals surface area contributed by atoms with Crippen molar-refractivity contribution in [1.29, 1.82) is 5.26 Å². The van der Waals surface area contributed by atoms with Crippen molar-refractivity contribution in [3.8, 4) is 6.07 Å². The van der Waals surface area contributed by atoms with Crippen molar-refractivity contribution in [1.82, 2.24) is 4.31 Å². The molecule has 1 N–H and O–H groups in total. The zero-order valence-electron chi connectivity index (χ0n) is 13.8. The molecule has 7 heteroatoms. The first-order valence-corrected chi connectivity index (χ1v) is 9.52. The predicted molar refractivity (Wildman–Crippen MR) is 96.1 cm³/mol. The van der Waals surface area contributed by atoms with Gasteiger partial charge in [-0.05, 0) is 29.8 Å². The SMILES string of the molecule is CS(=O)(=O)N(CCC(=O)Nc1ccc(C#N)cc1)Cc1ccccc1. The van der Waals surface area contributed by atoms with E-state index in [1.807, 2.05) is 36.4 Å². The van der Waals surface area contributed by atoms with Crippen molar-refractivity contribution < 1.29 is 13.2 Å². The summed E-state index contributed by atoms with van der Waals surface area (Å²) in [5, 5.41) is 11.4. The van der Waals surface area contributed by atoms with E-state index in [2.05, 4.69) is 5.32 Å². The van der Waals surface area contributed by atoms with Crippen LogP contribution in [0.3, 0.4) is 0 Å². The molecule has 2 aromatic rings.